The number of aryl methyl sites for hydroxylation is 1. The monoisotopic (exact) mass is 452 g/mol. The summed E-state index contributed by atoms with van der Waals surface area (Å²) in [4.78, 5) is 30.9. The number of anilines is 2. The average Bonchev–Trinajstić information content (AvgIpc) is 3.21. The van der Waals surface area contributed by atoms with Crippen LogP contribution in [0.4, 0.5) is 15.6 Å². The number of hydrogen-bond acceptors (Lipinski definition) is 6. The van der Waals surface area contributed by atoms with E-state index in [1.54, 1.807) is 42.6 Å². The van der Waals surface area contributed by atoms with E-state index >= 15 is 0 Å². The SMILES string of the molecule is COc1ccccc1C(=O)c1cc(C)ccc1NC(=O)Nc1ncc(CCNC(=N)N)s1. The fraction of sp³-hybridized carbons (Fsp3) is 0.182. The summed E-state index contributed by atoms with van der Waals surface area (Å²) in [6.07, 6.45) is 2.28. The zero-order valence-electron chi connectivity index (χ0n) is 17.7. The molecule has 0 unspecified atom stereocenters. The lowest BCUT2D eigenvalue weighted by Gasteiger charge is -2.13. The molecular weight excluding hydrogens is 428 g/mol. The molecule has 2 amide bonds. The van der Waals surface area contributed by atoms with Gasteiger partial charge in [-0.25, -0.2) is 9.78 Å². The molecule has 6 N–H and O–H groups in total. The number of aromatic nitrogens is 1. The maximum atomic E-state index is 13.2. The Kier molecular flexibility index (Phi) is 7.40. The van der Waals surface area contributed by atoms with Crippen molar-refractivity contribution < 1.29 is 14.3 Å². The van der Waals surface area contributed by atoms with Gasteiger partial charge in [0.25, 0.3) is 0 Å². The molecule has 3 rings (SSSR count). The number of para-hydroxylation sites is 1. The molecule has 9 nitrogen and oxygen atoms in total. The number of urea groups is 1. The number of carbonyl (C=O) groups is 2. The largest absolute Gasteiger partial charge is 0.496 e. The number of carbonyl (C=O) groups excluding carboxylic acids is 2. The van der Waals surface area contributed by atoms with Gasteiger partial charge in [-0.1, -0.05) is 23.8 Å². The van der Waals surface area contributed by atoms with Crippen molar-refractivity contribution >= 4 is 39.9 Å². The Hall–Kier alpha value is -3.92. The minimum Gasteiger partial charge on any atom is -0.496 e. The van der Waals surface area contributed by atoms with Gasteiger partial charge in [-0.05, 0) is 31.2 Å². The van der Waals surface area contributed by atoms with Crippen LogP contribution in [0.2, 0.25) is 0 Å². The molecule has 3 aromatic rings. The number of amides is 2. The molecule has 1 heterocycles. The van der Waals surface area contributed by atoms with Gasteiger partial charge in [0.15, 0.2) is 16.9 Å². The Labute approximate surface area is 189 Å². The number of benzene rings is 2. The fourth-order valence-corrected chi connectivity index (χ4v) is 3.79. The predicted octanol–water partition coefficient (Wildman–Crippen LogP) is 3.36. The minimum atomic E-state index is -0.509. The maximum absolute atomic E-state index is 13.2. The van der Waals surface area contributed by atoms with Crippen molar-refractivity contribution in [2.75, 3.05) is 24.3 Å². The number of nitrogens with one attached hydrogen (secondary N) is 4. The van der Waals surface area contributed by atoms with E-state index in [4.69, 9.17) is 15.9 Å². The highest BCUT2D eigenvalue weighted by molar-refractivity contribution is 7.15. The molecule has 0 aliphatic carbocycles. The van der Waals surface area contributed by atoms with Crippen molar-refractivity contribution in [1.82, 2.24) is 10.3 Å². The van der Waals surface area contributed by atoms with E-state index in [0.29, 0.717) is 40.7 Å². The number of methoxy groups -OCH3 is 1. The van der Waals surface area contributed by atoms with Crippen molar-refractivity contribution in [2.45, 2.75) is 13.3 Å². The molecule has 0 spiro atoms. The summed E-state index contributed by atoms with van der Waals surface area (Å²) >= 11 is 1.32. The molecule has 0 fully saturated rings. The van der Waals surface area contributed by atoms with E-state index in [9.17, 15) is 9.59 Å². The van der Waals surface area contributed by atoms with Gasteiger partial charge < -0.3 is 21.1 Å². The number of nitrogens with two attached hydrogens (primary N) is 1. The first kappa shape index (κ1) is 22.8. The van der Waals surface area contributed by atoms with Crippen LogP contribution >= 0.6 is 11.3 Å². The molecule has 0 bridgehead atoms. The molecule has 0 aliphatic heterocycles. The van der Waals surface area contributed by atoms with Gasteiger partial charge in [-0.3, -0.25) is 15.5 Å². The molecular formula is C22H24N6O3S. The molecule has 0 radical (unpaired) electrons. The topological polar surface area (TPSA) is 142 Å². The molecule has 166 valence electrons. The molecule has 0 saturated carbocycles. The summed E-state index contributed by atoms with van der Waals surface area (Å²) in [5, 5.41) is 15.7. The molecule has 32 heavy (non-hydrogen) atoms. The number of nitrogens with zero attached hydrogens (tertiary/aromatic N) is 1. The van der Waals surface area contributed by atoms with E-state index < -0.39 is 6.03 Å². The third-order valence-electron chi connectivity index (χ3n) is 4.48. The van der Waals surface area contributed by atoms with Gasteiger partial charge in [0.2, 0.25) is 0 Å². The highest BCUT2D eigenvalue weighted by Crippen LogP contribution is 2.26. The van der Waals surface area contributed by atoms with E-state index in [1.165, 1.54) is 18.4 Å². The van der Waals surface area contributed by atoms with Crippen LogP contribution in [-0.4, -0.2) is 36.4 Å². The van der Waals surface area contributed by atoms with Gasteiger partial charge in [-0.15, -0.1) is 11.3 Å². The summed E-state index contributed by atoms with van der Waals surface area (Å²) in [7, 11) is 1.51. The van der Waals surface area contributed by atoms with Crippen LogP contribution in [0.1, 0.15) is 26.4 Å². The van der Waals surface area contributed by atoms with Gasteiger partial charge in [0.1, 0.15) is 5.75 Å². The number of hydrogen-bond donors (Lipinski definition) is 5. The number of rotatable bonds is 8. The van der Waals surface area contributed by atoms with Gasteiger partial charge in [0, 0.05) is 29.6 Å². The van der Waals surface area contributed by atoms with Crippen LogP contribution in [0, 0.1) is 12.3 Å². The Morgan fingerprint density at radius 3 is 2.69 bits per heavy atom. The van der Waals surface area contributed by atoms with Crippen molar-refractivity contribution in [2.24, 2.45) is 5.73 Å². The van der Waals surface area contributed by atoms with E-state index in [0.717, 1.165) is 10.4 Å². The van der Waals surface area contributed by atoms with Crippen LogP contribution in [0.5, 0.6) is 5.75 Å². The second-order valence-corrected chi connectivity index (χ2v) is 7.99. The van der Waals surface area contributed by atoms with Crippen LogP contribution < -0.4 is 26.4 Å². The van der Waals surface area contributed by atoms with E-state index in [-0.39, 0.29) is 11.7 Å². The van der Waals surface area contributed by atoms with Gasteiger partial charge in [0.05, 0.1) is 18.4 Å². The third-order valence-corrected chi connectivity index (χ3v) is 5.45. The zero-order chi connectivity index (χ0) is 23.1. The lowest BCUT2D eigenvalue weighted by atomic mass is 9.99. The van der Waals surface area contributed by atoms with Crippen LogP contribution in [-0.2, 0) is 6.42 Å². The van der Waals surface area contributed by atoms with Crippen molar-refractivity contribution in [3.63, 3.8) is 0 Å². The third kappa shape index (κ3) is 5.82. The number of thiazole rings is 1. The second kappa shape index (κ2) is 10.4. The summed E-state index contributed by atoms with van der Waals surface area (Å²) in [6, 6.07) is 11.7. The highest BCUT2D eigenvalue weighted by atomic mass is 32.1. The summed E-state index contributed by atoms with van der Waals surface area (Å²) in [5.41, 5.74) is 7.30. The molecule has 1 aromatic heterocycles. The van der Waals surface area contributed by atoms with Gasteiger partial charge in [-0.2, -0.15) is 0 Å². The van der Waals surface area contributed by atoms with Crippen molar-refractivity contribution in [1.29, 1.82) is 5.41 Å². The quantitative estimate of drug-likeness (QED) is 0.201. The van der Waals surface area contributed by atoms with Crippen LogP contribution in [0.25, 0.3) is 0 Å². The maximum Gasteiger partial charge on any atom is 0.325 e. The Bertz CT molecular complexity index is 1140. The summed E-state index contributed by atoms with van der Waals surface area (Å²) in [6.45, 7) is 2.38. The molecule has 0 atom stereocenters. The zero-order valence-corrected chi connectivity index (χ0v) is 18.5. The minimum absolute atomic E-state index is 0.0937. The Morgan fingerprint density at radius 1 is 1.16 bits per heavy atom. The lowest BCUT2D eigenvalue weighted by molar-refractivity contribution is 0.103. The standard InChI is InChI=1S/C22H24N6O3S/c1-13-7-8-17(16(11-13)19(29)15-5-3-4-6-18(15)31-2)27-21(30)28-22-26-12-14(32-22)9-10-25-20(23)24/h3-8,11-12H,9-10H2,1-2H3,(H4,23,24,25)(H2,26,27,28,30). The van der Waals surface area contributed by atoms with E-state index in [1.807, 2.05) is 13.0 Å². The second-order valence-electron chi connectivity index (χ2n) is 6.88. The first-order chi connectivity index (χ1) is 15.4. The average molecular weight is 453 g/mol. The smallest absolute Gasteiger partial charge is 0.325 e. The van der Waals surface area contributed by atoms with Crippen molar-refractivity contribution in [3.05, 3.63) is 70.2 Å². The normalized spacial score (nSPS) is 10.3. The Morgan fingerprint density at radius 2 is 1.94 bits per heavy atom. The fourth-order valence-electron chi connectivity index (χ4n) is 2.98. The van der Waals surface area contributed by atoms with Crippen molar-refractivity contribution in [3.8, 4) is 5.75 Å². The summed E-state index contributed by atoms with van der Waals surface area (Å²) < 4.78 is 5.31. The van der Waals surface area contributed by atoms with Crippen LogP contribution in [0.15, 0.2) is 48.7 Å². The number of ether oxygens (including phenoxy) is 1. The lowest BCUT2D eigenvalue weighted by Crippen LogP contribution is -2.31. The predicted molar refractivity (Wildman–Crippen MR) is 126 cm³/mol. The van der Waals surface area contributed by atoms with E-state index in [2.05, 4.69) is 20.9 Å². The van der Waals surface area contributed by atoms with Crippen LogP contribution in [0.3, 0.4) is 0 Å². The first-order valence-electron chi connectivity index (χ1n) is 9.76. The molecule has 0 aliphatic rings. The number of guanidine groups is 1. The summed E-state index contributed by atoms with van der Waals surface area (Å²) in [5.74, 6) is 0.115. The Balaban J connectivity index is 1.73. The first-order valence-corrected chi connectivity index (χ1v) is 10.6. The van der Waals surface area contributed by atoms with Gasteiger partial charge >= 0.3 is 6.03 Å². The molecule has 10 heteroatoms. The number of ketones is 1. The molecule has 2 aromatic carbocycles. The highest BCUT2D eigenvalue weighted by Gasteiger charge is 2.19. The molecule has 0 saturated heterocycles.